The van der Waals surface area contributed by atoms with E-state index in [1.165, 1.54) is 13.8 Å². The fraction of sp³-hybridized carbons (Fsp3) is 0.826. The van der Waals surface area contributed by atoms with Crippen LogP contribution < -0.4 is 0 Å². The lowest BCUT2D eigenvalue weighted by atomic mass is 10.7. The molecule has 0 aromatic rings. The first-order chi connectivity index (χ1) is 6.59. The van der Waals surface area contributed by atoms with Crippen molar-refractivity contribution in [3.8, 4) is 0 Å². The fourth-order valence-electron chi connectivity index (χ4n) is 0.202. The van der Waals surface area contributed by atoms with Gasteiger partial charge in [0.05, 0.1) is 0 Å². The van der Waals surface area contributed by atoms with E-state index in [0.29, 0.717) is 0 Å². The first kappa shape index (κ1) is 252. The van der Waals surface area contributed by atoms with Crippen LogP contribution in [0.25, 0.3) is 0 Å². The molecule has 0 spiro atoms. The molecule has 0 fully saturated rings. The Hall–Kier alpha value is -2.00. The number of aliphatic carboxylic acids is 2. The molecule has 0 saturated heterocycles. The van der Waals surface area contributed by atoms with Gasteiger partial charge >= 0.3 is 11.9 Å². The van der Waals surface area contributed by atoms with Gasteiger partial charge in [0.1, 0.15) is 0 Å². The van der Waals surface area contributed by atoms with Gasteiger partial charge in [-0.1, -0.05) is 111 Å². The molecule has 6 N–H and O–H groups in total. The van der Waals surface area contributed by atoms with Crippen LogP contribution in [0, 0.1) is 0 Å². The van der Waals surface area contributed by atoms with E-state index in [4.69, 9.17) is 19.8 Å². The summed E-state index contributed by atoms with van der Waals surface area (Å²) in [6.07, 6.45) is 0. The summed E-state index contributed by atoms with van der Waals surface area (Å²) in [6.45, 7) is 4.53. The van der Waals surface area contributed by atoms with Crippen LogP contribution in [0.5, 0.6) is 0 Å². The predicted molar refractivity (Wildman–Crippen MR) is 157 cm³/mol. The van der Waals surface area contributed by atoms with Gasteiger partial charge in [0, 0.05) is 27.7 Å². The SMILES string of the molecule is C.C.C.C.C.C.C.C.C.C.C.C.C.C.C.CC(=O)O.CC(=O)O.CC(=O)OC(C)=O.O.O. The largest absolute Gasteiger partial charge is 0.481 e. The van der Waals surface area contributed by atoms with Crippen molar-refractivity contribution >= 4 is 23.9 Å². The maximum atomic E-state index is 9.81. The minimum atomic E-state index is -0.833. The number of hydrogen-bond acceptors (Lipinski definition) is 5. The van der Waals surface area contributed by atoms with Gasteiger partial charge in [0.25, 0.3) is 11.9 Å². The van der Waals surface area contributed by atoms with Gasteiger partial charge in [-0.2, -0.15) is 0 Å². The molecule has 32 heavy (non-hydrogen) atoms. The molecule has 0 saturated carbocycles. The number of hydrogen-bond donors (Lipinski definition) is 2. The van der Waals surface area contributed by atoms with E-state index in [0.717, 1.165) is 13.8 Å². The molecule has 0 bridgehead atoms. The van der Waals surface area contributed by atoms with Crippen molar-refractivity contribution in [3.63, 3.8) is 0 Å². The Morgan fingerprint density at radius 2 is 0.469 bits per heavy atom. The summed E-state index contributed by atoms with van der Waals surface area (Å²) in [5, 5.41) is 14.8. The summed E-state index contributed by atoms with van der Waals surface area (Å²) in [6, 6.07) is 0. The number of carbonyl (C=O) groups is 4. The second kappa shape index (κ2) is 188. The molecular formula is C23H78O9. The highest BCUT2D eigenvalue weighted by Crippen LogP contribution is 1.73. The van der Waals surface area contributed by atoms with Crippen molar-refractivity contribution in [2.45, 2.75) is 139 Å². The molecule has 9 nitrogen and oxygen atoms in total. The topological polar surface area (TPSA) is 181 Å². The average molecular weight is 499 g/mol. The molecular weight excluding hydrogens is 420 g/mol. The van der Waals surface area contributed by atoms with E-state index in [1.807, 2.05) is 0 Å². The lowest BCUT2D eigenvalue weighted by molar-refractivity contribution is -0.156. The van der Waals surface area contributed by atoms with E-state index in [-0.39, 0.29) is 122 Å². The van der Waals surface area contributed by atoms with Crippen molar-refractivity contribution in [1.82, 2.24) is 0 Å². The highest BCUT2D eigenvalue weighted by atomic mass is 16.6. The molecule has 0 rings (SSSR count). The Kier molecular flexibility index (Phi) is 1480. The second-order valence-corrected chi connectivity index (χ2v) is 2.12. The number of rotatable bonds is 0. The van der Waals surface area contributed by atoms with E-state index in [1.54, 1.807) is 0 Å². The highest BCUT2D eigenvalue weighted by Gasteiger charge is 1.93. The Morgan fingerprint density at radius 1 is 0.406 bits per heavy atom. The second-order valence-electron chi connectivity index (χ2n) is 2.12. The number of carboxylic acids is 2. The third-order valence-electron chi connectivity index (χ3n) is 0.287. The van der Waals surface area contributed by atoms with Crippen LogP contribution in [-0.4, -0.2) is 45.0 Å². The third kappa shape index (κ3) is 5100. The molecule has 224 valence electrons. The van der Waals surface area contributed by atoms with E-state index >= 15 is 0 Å². The zero-order chi connectivity index (χ0) is 13.0. The van der Waals surface area contributed by atoms with Crippen LogP contribution in [0.1, 0.15) is 139 Å². The summed E-state index contributed by atoms with van der Waals surface area (Å²) in [4.78, 5) is 37.6. The molecule has 0 unspecified atom stereocenters. The zero-order valence-electron chi connectivity index (χ0n) is 9.94. The minimum Gasteiger partial charge on any atom is -0.481 e. The standard InChI is InChI=1S/C4H6O3.2C2H4O2.15CH4.2H2O/c1-3(5)7-4(2)6;2*1-2(3)4;;;;;;;;;;;;;;;;;/h1-2H3;2*1H3,(H,3,4);15*1H4;2*1H2. The van der Waals surface area contributed by atoms with Gasteiger partial charge in [-0.05, 0) is 0 Å². The first-order valence-electron chi connectivity index (χ1n) is 3.67. The summed E-state index contributed by atoms with van der Waals surface area (Å²) >= 11 is 0. The van der Waals surface area contributed by atoms with Gasteiger partial charge in [-0.3, -0.25) is 19.2 Å². The smallest absolute Gasteiger partial charge is 0.310 e. The quantitative estimate of drug-likeness (QED) is 0.249. The van der Waals surface area contributed by atoms with Gasteiger partial charge in [0.2, 0.25) is 0 Å². The number of ether oxygens (including phenoxy) is 1. The maximum absolute atomic E-state index is 9.81. The highest BCUT2D eigenvalue weighted by molar-refractivity contribution is 5.82. The summed E-state index contributed by atoms with van der Waals surface area (Å²) < 4.78 is 3.97. The van der Waals surface area contributed by atoms with Crippen LogP contribution in [0.4, 0.5) is 0 Å². The Bertz CT molecular complexity index is 212. The predicted octanol–water partition coefficient (Wildman–Crippen LogP) is 8.17. The number of carboxylic acid groups (broad SMARTS) is 2. The number of esters is 2. The van der Waals surface area contributed by atoms with Crippen molar-refractivity contribution < 1.29 is 45.1 Å². The van der Waals surface area contributed by atoms with Crippen molar-refractivity contribution in [2.75, 3.05) is 0 Å². The van der Waals surface area contributed by atoms with Crippen LogP contribution in [0.15, 0.2) is 0 Å². The average Bonchev–Trinajstić information content (AvgIpc) is 1.78. The van der Waals surface area contributed by atoms with Crippen molar-refractivity contribution in [2.24, 2.45) is 0 Å². The first-order valence-corrected chi connectivity index (χ1v) is 3.67. The summed E-state index contributed by atoms with van der Waals surface area (Å²) in [5.41, 5.74) is 0. The van der Waals surface area contributed by atoms with Crippen LogP contribution >= 0.6 is 0 Å². The molecule has 0 aliphatic carbocycles. The molecule has 0 aromatic carbocycles. The van der Waals surface area contributed by atoms with E-state index in [2.05, 4.69) is 4.74 Å². The Balaban J connectivity index is -0.00000000303. The van der Waals surface area contributed by atoms with Gasteiger partial charge < -0.3 is 25.9 Å². The fourth-order valence-corrected chi connectivity index (χ4v) is 0.202. The zero-order valence-corrected chi connectivity index (χ0v) is 9.94. The summed E-state index contributed by atoms with van der Waals surface area (Å²) in [7, 11) is 0. The third-order valence-corrected chi connectivity index (χ3v) is 0.287. The van der Waals surface area contributed by atoms with Crippen LogP contribution in [0.3, 0.4) is 0 Å². The molecule has 0 aliphatic heterocycles. The van der Waals surface area contributed by atoms with Crippen LogP contribution in [-0.2, 0) is 23.9 Å². The molecule has 0 atom stereocenters. The molecule has 0 aliphatic rings. The molecule has 0 aromatic heterocycles. The lowest BCUT2D eigenvalue weighted by Crippen LogP contribution is -2.03. The molecule has 0 heterocycles. The monoisotopic (exact) mass is 499 g/mol. The molecule has 9 heteroatoms. The van der Waals surface area contributed by atoms with E-state index in [9.17, 15) is 9.59 Å². The Labute approximate surface area is 208 Å². The van der Waals surface area contributed by atoms with Gasteiger partial charge in [-0.15, -0.1) is 0 Å². The van der Waals surface area contributed by atoms with Crippen molar-refractivity contribution in [1.29, 1.82) is 0 Å². The Morgan fingerprint density at radius 3 is 0.469 bits per heavy atom. The van der Waals surface area contributed by atoms with Gasteiger partial charge in [-0.25, -0.2) is 0 Å². The minimum absolute atomic E-state index is 0. The van der Waals surface area contributed by atoms with Crippen molar-refractivity contribution in [3.05, 3.63) is 0 Å². The van der Waals surface area contributed by atoms with Crippen LogP contribution in [0.2, 0.25) is 0 Å². The molecule has 0 amide bonds. The maximum Gasteiger partial charge on any atom is 0.310 e. The normalized spacial score (nSPS) is 3.25. The number of carbonyl (C=O) groups excluding carboxylic acids is 2. The summed E-state index contributed by atoms with van der Waals surface area (Å²) in [5.74, 6) is -2.79. The van der Waals surface area contributed by atoms with E-state index < -0.39 is 23.9 Å². The lowest BCUT2D eigenvalue weighted by Gasteiger charge is -1.87. The molecule has 0 radical (unpaired) electrons. The van der Waals surface area contributed by atoms with Gasteiger partial charge in [0.15, 0.2) is 0 Å².